The number of benzene rings is 1. The highest BCUT2D eigenvalue weighted by molar-refractivity contribution is 6.17. The maximum absolute atomic E-state index is 10.1. The third kappa shape index (κ3) is 2.45. The molecule has 0 fully saturated rings. The number of nitrogens with zero attached hydrogens (tertiary/aromatic N) is 10. The largest absolute Gasteiger partial charge is 0.270 e. The SMILES string of the molecule is [C-]#[N+]C1=C(C#N)c2c(C#N)c3c(c(C#N)c2/C1=C(\C#N)[N+]#[C-])C(C#N)=C(C#N)/C3=C(\C#N)[N+]#[C-]. The molecule has 0 amide bonds. The second-order valence-corrected chi connectivity index (χ2v) is 6.29. The molecule has 0 bridgehead atoms. The van der Waals surface area contributed by atoms with Crippen LogP contribution in [0, 0.1) is 99.0 Å². The molecule has 0 heterocycles. The van der Waals surface area contributed by atoms with Gasteiger partial charge in [0.1, 0.15) is 18.2 Å². The first-order valence-corrected chi connectivity index (χ1v) is 8.66. The van der Waals surface area contributed by atoms with Gasteiger partial charge in [-0.25, -0.2) is 25.1 Å². The third-order valence-electron chi connectivity index (χ3n) is 5.05. The lowest BCUT2D eigenvalue weighted by Crippen LogP contribution is -2.04. The second-order valence-electron chi connectivity index (χ2n) is 6.29. The van der Waals surface area contributed by atoms with E-state index in [2.05, 4.69) is 14.5 Å². The van der Waals surface area contributed by atoms with E-state index in [-0.39, 0.29) is 44.5 Å². The van der Waals surface area contributed by atoms with E-state index in [0.29, 0.717) is 0 Å². The molecule has 1 aromatic rings. The average molecular weight is 428 g/mol. The van der Waals surface area contributed by atoms with Gasteiger partial charge in [-0.2, -0.15) is 26.3 Å². The molecule has 0 saturated carbocycles. The van der Waals surface area contributed by atoms with E-state index in [1.54, 1.807) is 30.3 Å². The number of nitriles is 7. The third-order valence-corrected chi connectivity index (χ3v) is 5.05. The zero-order valence-corrected chi connectivity index (χ0v) is 16.5. The summed E-state index contributed by atoms with van der Waals surface area (Å²) in [6, 6.07) is 12.2. The van der Waals surface area contributed by atoms with Crippen molar-refractivity contribution in [2.24, 2.45) is 0 Å². The van der Waals surface area contributed by atoms with Crippen LogP contribution in [0.25, 0.3) is 36.8 Å². The van der Waals surface area contributed by atoms with Gasteiger partial charge in [0, 0.05) is 27.8 Å². The monoisotopic (exact) mass is 428 g/mol. The fraction of sp³-hybridized carbons (Fsp3) is 0. The summed E-state index contributed by atoms with van der Waals surface area (Å²) in [4.78, 5) is 9.43. The zero-order chi connectivity index (χ0) is 25.2. The first-order valence-electron chi connectivity index (χ1n) is 8.66. The highest BCUT2D eigenvalue weighted by Crippen LogP contribution is 2.54. The molecule has 0 atom stereocenters. The summed E-state index contributed by atoms with van der Waals surface area (Å²) >= 11 is 0. The van der Waals surface area contributed by atoms with E-state index in [9.17, 15) is 36.8 Å². The summed E-state index contributed by atoms with van der Waals surface area (Å²) in [5, 5.41) is 68.3. The number of hydrogen-bond donors (Lipinski definition) is 0. The first kappa shape index (κ1) is 21.8. The Morgan fingerprint density at radius 2 is 0.971 bits per heavy atom. The molecule has 10 heteroatoms. The van der Waals surface area contributed by atoms with Crippen molar-refractivity contribution >= 4 is 22.3 Å². The summed E-state index contributed by atoms with van der Waals surface area (Å²) in [6.45, 7) is 22.1. The lowest BCUT2D eigenvalue weighted by atomic mass is 9.84. The van der Waals surface area contributed by atoms with Crippen molar-refractivity contribution < 1.29 is 0 Å². The standard InChI is InChI=1S/C24N10/c1-32-16(9-30)20-12(5-26)11(4-25)18-13(6-27)22-19(14(7-28)21(18)20)15(8-29)24(34-3)23(22)17(10-31)33-2/b20-16-,23-17-. The van der Waals surface area contributed by atoms with Gasteiger partial charge in [-0.1, -0.05) is 0 Å². The van der Waals surface area contributed by atoms with Crippen LogP contribution in [0.5, 0.6) is 0 Å². The van der Waals surface area contributed by atoms with Crippen molar-refractivity contribution in [2.45, 2.75) is 0 Å². The maximum atomic E-state index is 10.1. The predicted molar refractivity (Wildman–Crippen MR) is 111 cm³/mol. The van der Waals surface area contributed by atoms with Crippen molar-refractivity contribution in [1.29, 1.82) is 36.8 Å². The quantitative estimate of drug-likeness (QED) is 0.446. The molecule has 0 N–H and O–H groups in total. The Hall–Kier alpha value is -6.92. The summed E-state index contributed by atoms with van der Waals surface area (Å²) < 4.78 is 0. The average Bonchev–Trinajstić information content (AvgIpc) is 3.37. The van der Waals surface area contributed by atoms with Gasteiger partial charge in [-0.05, 0) is 5.56 Å². The van der Waals surface area contributed by atoms with E-state index in [1.807, 2.05) is 12.1 Å². The number of hydrogen-bond acceptors (Lipinski definition) is 7. The van der Waals surface area contributed by atoms with Crippen molar-refractivity contribution in [1.82, 2.24) is 0 Å². The smallest absolute Gasteiger partial charge is 0.237 e. The molecule has 0 spiro atoms. The lowest BCUT2D eigenvalue weighted by molar-refractivity contribution is 1.37. The van der Waals surface area contributed by atoms with Gasteiger partial charge in [-0.15, -0.1) is 0 Å². The minimum atomic E-state index is -0.621. The van der Waals surface area contributed by atoms with Gasteiger partial charge in [-0.3, -0.25) is 0 Å². The lowest BCUT2D eigenvalue weighted by Gasteiger charge is -2.15. The van der Waals surface area contributed by atoms with Gasteiger partial charge in [0.05, 0.1) is 71.8 Å². The van der Waals surface area contributed by atoms with E-state index in [1.165, 1.54) is 0 Å². The van der Waals surface area contributed by atoms with Gasteiger partial charge < -0.3 is 0 Å². The van der Waals surface area contributed by atoms with Crippen molar-refractivity contribution in [3.8, 4) is 42.5 Å². The van der Waals surface area contributed by atoms with Gasteiger partial charge in [0.25, 0.3) is 11.4 Å². The second kappa shape index (κ2) is 8.07. The van der Waals surface area contributed by atoms with Crippen LogP contribution in [0.3, 0.4) is 0 Å². The highest BCUT2D eigenvalue weighted by Gasteiger charge is 2.42. The molecule has 2 aliphatic carbocycles. The van der Waals surface area contributed by atoms with E-state index < -0.39 is 33.8 Å². The molecular weight excluding hydrogens is 428 g/mol. The Bertz CT molecular complexity index is 1670. The molecule has 34 heavy (non-hydrogen) atoms. The van der Waals surface area contributed by atoms with Gasteiger partial charge in [0.15, 0.2) is 0 Å². The van der Waals surface area contributed by atoms with Crippen LogP contribution in [0.1, 0.15) is 33.4 Å². The van der Waals surface area contributed by atoms with Crippen molar-refractivity contribution in [3.05, 3.63) is 90.3 Å². The highest BCUT2D eigenvalue weighted by atomic mass is 14.7. The van der Waals surface area contributed by atoms with Crippen LogP contribution in [0.2, 0.25) is 0 Å². The Balaban J connectivity index is 2.89. The van der Waals surface area contributed by atoms with Crippen LogP contribution >= 0.6 is 0 Å². The minimum Gasteiger partial charge on any atom is -0.237 e. The summed E-state index contributed by atoms with van der Waals surface area (Å²) in [5.41, 5.74) is -5.25. The molecule has 10 nitrogen and oxygen atoms in total. The summed E-state index contributed by atoms with van der Waals surface area (Å²) in [7, 11) is 0. The summed E-state index contributed by atoms with van der Waals surface area (Å²) in [5.74, 6) is 0. The van der Waals surface area contributed by atoms with Crippen molar-refractivity contribution in [2.75, 3.05) is 0 Å². The Morgan fingerprint density at radius 1 is 0.529 bits per heavy atom. The first-order chi connectivity index (χ1) is 16.5. The molecule has 3 rings (SSSR count). The molecule has 0 aliphatic heterocycles. The normalized spacial score (nSPS) is 15.2. The molecule has 0 saturated heterocycles. The van der Waals surface area contributed by atoms with E-state index in [0.717, 1.165) is 0 Å². The van der Waals surface area contributed by atoms with Crippen LogP contribution < -0.4 is 0 Å². The molecular formula is C24N10. The van der Waals surface area contributed by atoms with E-state index in [4.69, 9.17) is 19.7 Å². The number of rotatable bonds is 0. The Morgan fingerprint density at radius 3 is 1.35 bits per heavy atom. The van der Waals surface area contributed by atoms with Gasteiger partial charge >= 0.3 is 0 Å². The minimum absolute atomic E-state index is 0.236. The fourth-order valence-electron chi connectivity index (χ4n) is 3.90. The van der Waals surface area contributed by atoms with Crippen molar-refractivity contribution in [3.63, 3.8) is 0 Å². The molecule has 0 unspecified atom stereocenters. The molecule has 2 aliphatic rings. The predicted octanol–water partition coefficient (Wildman–Crippen LogP) is 3.72. The topological polar surface area (TPSA) is 180 Å². The van der Waals surface area contributed by atoms with Gasteiger partial charge in [0.2, 0.25) is 5.70 Å². The molecule has 146 valence electrons. The number of fused-ring (bicyclic) bond motifs is 2. The van der Waals surface area contributed by atoms with Crippen LogP contribution in [0.15, 0.2) is 22.7 Å². The van der Waals surface area contributed by atoms with Crippen LogP contribution in [-0.2, 0) is 0 Å². The Labute approximate surface area is 192 Å². The molecule has 0 radical (unpaired) electrons. The number of allylic oxidation sites excluding steroid dienone is 7. The molecule has 0 aromatic heterocycles. The van der Waals surface area contributed by atoms with Crippen LogP contribution in [0.4, 0.5) is 0 Å². The zero-order valence-electron chi connectivity index (χ0n) is 16.5. The summed E-state index contributed by atoms with van der Waals surface area (Å²) in [6.07, 6.45) is 0. The van der Waals surface area contributed by atoms with E-state index >= 15 is 0 Å². The maximum Gasteiger partial charge on any atom is 0.270 e. The fourth-order valence-corrected chi connectivity index (χ4v) is 3.90. The Kier molecular flexibility index (Phi) is 5.17. The van der Waals surface area contributed by atoms with Crippen LogP contribution in [-0.4, -0.2) is 0 Å². The molecule has 1 aromatic carbocycles.